The largest absolute Gasteiger partial charge is 0.489 e. The zero-order valence-corrected chi connectivity index (χ0v) is 12.6. The SMILES string of the molecule is COCC(C)OCC(O)COc1cc(C)sc1C(=O)O. The van der Waals surface area contributed by atoms with Crippen molar-refractivity contribution in [3.63, 3.8) is 0 Å². The summed E-state index contributed by atoms with van der Waals surface area (Å²) >= 11 is 1.15. The van der Waals surface area contributed by atoms with Gasteiger partial charge in [-0.3, -0.25) is 0 Å². The molecule has 0 radical (unpaired) electrons. The van der Waals surface area contributed by atoms with Gasteiger partial charge in [0.2, 0.25) is 0 Å². The Morgan fingerprint density at radius 1 is 1.40 bits per heavy atom. The van der Waals surface area contributed by atoms with E-state index in [0.29, 0.717) is 6.61 Å². The lowest BCUT2D eigenvalue weighted by molar-refractivity contribution is -0.0423. The normalized spacial score (nSPS) is 14.0. The molecule has 2 atom stereocenters. The fraction of sp³-hybridized carbons (Fsp3) is 0.615. The van der Waals surface area contributed by atoms with Crippen LogP contribution in [0.3, 0.4) is 0 Å². The molecule has 114 valence electrons. The molecule has 2 unspecified atom stereocenters. The number of rotatable bonds is 9. The standard InChI is InChI=1S/C13H20O6S/c1-8(5-17-3)18-6-10(14)7-19-11-4-9(2)20-12(11)13(15)16/h4,8,10,14H,5-7H2,1-3H3,(H,15,16). The molecule has 2 N–H and O–H groups in total. The average molecular weight is 304 g/mol. The van der Waals surface area contributed by atoms with Gasteiger partial charge < -0.3 is 24.4 Å². The van der Waals surface area contributed by atoms with Gasteiger partial charge in [-0.1, -0.05) is 0 Å². The molecule has 0 saturated carbocycles. The Labute approximate surface area is 121 Å². The Kier molecular flexibility index (Phi) is 6.94. The Morgan fingerprint density at radius 2 is 2.10 bits per heavy atom. The fourth-order valence-electron chi connectivity index (χ4n) is 1.54. The van der Waals surface area contributed by atoms with Crippen molar-refractivity contribution < 1.29 is 29.2 Å². The third-order valence-corrected chi connectivity index (χ3v) is 3.44. The summed E-state index contributed by atoms with van der Waals surface area (Å²) in [6.07, 6.45) is -0.941. The minimum atomic E-state index is -1.03. The van der Waals surface area contributed by atoms with Crippen LogP contribution in [-0.4, -0.2) is 55.3 Å². The average Bonchev–Trinajstić information content (AvgIpc) is 2.76. The summed E-state index contributed by atoms with van der Waals surface area (Å²) in [5.74, 6) is -0.749. The van der Waals surface area contributed by atoms with Gasteiger partial charge in [-0.25, -0.2) is 4.79 Å². The van der Waals surface area contributed by atoms with E-state index in [2.05, 4.69) is 0 Å². The minimum Gasteiger partial charge on any atom is -0.489 e. The number of methoxy groups -OCH3 is 1. The van der Waals surface area contributed by atoms with Crippen LogP contribution < -0.4 is 4.74 Å². The minimum absolute atomic E-state index is 0.0177. The molecule has 0 aliphatic heterocycles. The van der Waals surface area contributed by atoms with Crippen molar-refractivity contribution in [1.29, 1.82) is 0 Å². The summed E-state index contributed by atoms with van der Waals surface area (Å²) < 4.78 is 15.6. The van der Waals surface area contributed by atoms with Crippen molar-refractivity contribution in [3.05, 3.63) is 15.8 Å². The maximum Gasteiger partial charge on any atom is 0.349 e. The van der Waals surface area contributed by atoms with Crippen molar-refractivity contribution in [2.75, 3.05) is 26.9 Å². The second-order valence-electron chi connectivity index (χ2n) is 4.42. The quantitative estimate of drug-likeness (QED) is 0.720. The molecule has 1 aromatic heterocycles. The first-order valence-corrected chi connectivity index (χ1v) is 7.00. The molecule has 7 heteroatoms. The molecule has 20 heavy (non-hydrogen) atoms. The van der Waals surface area contributed by atoms with Crippen LogP contribution in [0.4, 0.5) is 0 Å². The predicted molar refractivity (Wildman–Crippen MR) is 74.8 cm³/mol. The summed E-state index contributed by atoms with van der Waals surface area (Å²) in [6.45, 7) is 4.17. The maximum atomic E-state index is 11.0. The van der Waals surface area contributed by atoms with Crippen LogP contribution in [0.25, 0.3) is 0 Å². The molecule has 1 aromatic rings. The Morgan fingerprint density at radius 3 is 2.70 bits per heavy atom. The summed E-state index contributed by atoms with van der Waals surface area (Å²) in [5, 5.41) is 18.7. The second kappa shape index (κ2) is 8.21. The molecule has 1 heterocycles. The van der Waals surface area contributed by atoms with Crippen LogP contribution in [0.15, 0.2) is 6.07 Å². The first-order valence-electron chi connectivity index (χ1n) is 6.19. The third kappa shape index (κ3) is 5.46. The summed E-state index contributed by atoms with van der Waals surface area (Å²) in [7, 11) is 1.58. The first kappa shape index (κ1) is 16.9. The molecule has 0 amide bonds. The Balaban J connectivity index is 2.41. The van der Waals surface area contributed by atoms with Crippen LogP contribution in [0.2, 0.25) is 0 Å². The third-order valence-electron chi connectivity index (χ3n) is 2.42. The van der Waals surface area contributed by atoms with Crippen LogP contribution in [-0.2, 0) is 9.47 Å². The van der Waals surface area contributed by atoms with Gasteiger partial charge in [0.05, 0.1) is 19.3 Å². The highest BCUT2D eigenvalue weighted by atomic mass is 32.1. The van der Waals surface area contributed by atoms with Crippen LogP contribution in [0, 0.1) is 6.92 Å². The summed E-state index contributed by atoms with van der Waals surface area (Å²) in [4.78, 5) is 12.0. The van der Waals surface area contributed by atoms with E-state index in [4.69, 9.17) is 19.3 Å². The number of aliphatic hydroxyl groups is 1. The lowest BCUT2D eigenvalue weighted by atomic mass is 10.3. The highest BCUT2D eigenvalue weighted by molar-refractivity contribution is 7.14. The number of carboxylic acid groups (broad SMARTS) is 1. The smallest absolute Gasteiger partial charge is 0.349 e. The second-order valence-corrected chi connectivity index (χ2v) is 5.68. The highest BCUT2D eigenvalue weighted by Gasteiger charge is 2.17. The zero-order chi connectivity index (χ0) is 15.1. The van der Waals surface area contributed by atoms with Gasteiger partial charge in [-0.2, -0.15) is 0 Å². The highest BCUT2D eigenvalue weighted by Crippen LogP contribution is 2.28. The predicted octanol–water partition coefficient (Wildman–Crippen LogP) is 1.55. The number of thiophene rings is 1. The zero-order valence-electron chi connectivity index (χ0n) is 11.8. The van der Waals surface area contributed by atoms with E-state index in [0.717, 1.165) is 16.2 Å². The van der Waals surface area contributed by atoms with E-state index in [1.165, 1.54) is 0 Å². The van der Waals surface area contributed by atoms with Gasteiger partial charge in [0.25, 0.3) is 0 Å². The van der Waals surface area contributed by atoms with E-state index in [1.54, 1.807) is 20.1 Å². The Bertz CT molecular complexity index is 430. The monoisotopic (exact) mass is 304 g/mol. The van der Waals surface area contributed by atoms with E-state index < -0.39 is 12.1 Å². The van der Waals surface area contributed by atoms with E-state index in [1.807, 2.05) is 6.92 Å². The number of carboxylic acids is 1. The molecule has 0 aliphatic carbocycles. The number of aliphatic hydroxyl groups excluding tert-OH is 1. The molecule has 1 rings (SSSR count). The van der Waals surface area contributed by atoms with Crippen LogP contribution >= 0.6 is 11.3 Å². The van der Waals surface area contributed by atoms with Gasteiger partial charge in [0.1, 0.15) is 18.5 Å². The van der Waals surface area contributed by atoms with E-state index in [9.17, 15) is 9.90 Å². The van der Waals surface area contributed by atoms with Gasteiger partial charge >= 0.3 is 5.97 Å². The van der Waals surface area contributed by atoms with E-state index in [-0.39, 0.29) is 29.9 Å². The molecule has 0 fully saturated rings. The number of carbonyl (C=O) groups is 1. The number of aromatic carboxylic acids is 1. The van der Waals surface area contributed by atoms with Crippen molar-refractivity contribution in [2.45, 2.75) is 26.1 Å². The molecular formula is C13H20O6S. The molecule has 0 bridgehead atoms. The Hall–Kier alpha value is -1.15. The number of aryl methyl sites for hydroxylation is 1. The topological polar surface area (TPSA) is 85.2 Å². The van der Waals surface area contributed by atoms with Crippen molar-refractivity contribution >= 4 is 17.3 Å². The fourth-order valence-corrected chi connectivity index (χ4v) is 2.33. The van der Waals surface area contributed by atoms with Crippen LogP contribution in [0.5, 0.6) is 5.75 Å². The summed E-state index contributed by atoms with van der Waals surface area (Å²) in [6, 6.07) is 1.65. The van der Waals surface area contributed by atoms with E-state index >= 15 is 0 Å². The number of ether oxygens (including phenoxy) is 3. The summed E-state index contributed by atoms with van der Waals surface area (Å²) in [5.41, 5.74) is 0. The van der Waals surface area contributed by atoms with Crippen LogP contribution in [0.1, 0.15) is 21.5 Å². The molecular weight excluding hydrogens is 284 g/mol. The number of hydrogen-bond acceptors (Lipinski definition) is 6. The van der Waals surface area contributed by atoms with Gasteiger partial charge in [0, 0.05) is 12.0 Å². The molecule has 0 aromatic carbocycles. The van der Waals surface area contributed by atoms with Gasteiger partial charge in [-0.15, -0.1) is 11.3 Å². The molecule has 0 spiro atoms. The first-order chi connectivity index (χ1) is 9.43. The van der Waals surface area contributed by atoms with Gasteiger partial charge in [0.15, 0.2) is 4.88 Å². The lowest BCUT2D eigenvalue weighted by Crippen LogP contribution is -2.27. The molecule has 6 nitrogen and oxygen atoms in total. The number of hydrogen-bond donors (Lipinski definition) is 2. The molecule has 0 aliphatic rings. The maximum absolute atomic E-state index is 11.0. The van der Waals surface area contributed by atoms with Crippen molar-refractivity contribution in [1.82, 2.24) is 0 Å². The van der Waals surface area contributed by atoms with Gasteiger partial charge in [-0.05, 0) is 19.9 Å². The van der Waals surface area contributed by atoms with Crippen molar-refractivity contribution in [2.24, 2.45) is 0 Å². The molecule has 0 saturated heterocycles. The lowest BCUT2D eigenvalue weighted by Gasteiger charge is -2.16. The van der Waals surface area contributed by atoms with Crippen molar-refractivity contribution in [3.8, 4) is 5.75 Å².